The molecule has 0 bridgehead atoms. The molecule has 0 amide bonds. The standard InChI is InChI=1S/C54H69N2S.C4HF9O3S/c1-9-13-21-39(12-4)38-57-52-42(30-34-48-53(5,6)50-44-26-18-16-22-40(44)28-32-46(50)55(48)36-14-10-2)24-20-25-43(52)31-35-49-54(7,8)51-45-27-19-17-23-41(45)29-33-47(51)56(49)37-15-11-3;5-1(6,3(9,10)11)2(7,8)4(12,13)17(14,15)16/h16-19,22-23,26-35,39H,9-15,20-21,24-25,36-38H2,1-8H3;(H,14,15,16)/q+1;/p-1. The minimum Gasteiger partial charge on any atom is -0.743 e. The Bertz CT molecular complexity index is 2950. The number of hydrogen-bond acceptors (Lipinski definition) is 5. The second-order valence-electron chi connectivity index (χ2n) is 20.6. The first kappa shape index (κ1) is 58.7. The molecule has 74 heavy (non-hydrogen) atoms. The Kier molecular flexibility index (Phi) is 18.2. The topological polar surface area (TPSA) is 63.5 Å². The van der Waals surface area contributed by atoms with Crippen LogP contribution in [0.4, 0.5) is 50.9 Å². The molecule has 4 aromatic rings. The van der Waals surface area contributed by atoms with Crippen LogP contribution in [0, 0.1) is 5.92 Å². The molecule has 0 spiro atoms. The van der Waals surface area contributed by atoms with Crippen LogP contribution in [-0.4, -0.2) is 65.4 Å². The zero-order valence-electron chi connectivity index (χ0n) is 43.6. The van der Waals surface area contributed by atoms with Crippen molar-refractivity contribution in [3.8, 4) is 0 Å². The van der Waals surface area contributed by atoms with E-state index < -0.39 is 33.4 Å². The third-order valence-electron chi connectivity index (χ3n) is 14.8. The van der Waals surface area contributed by atoms with Crippen molar-refractivity contribution in [1.29, 1.82) is 0 Å². The molecule has 0 N–H and O–H groups in total. The third kappa shape index (κ3) is 11.3. The van der Waals surface area contributed by atoms with Gasteiger partial charge in [-0.3, -0.25) is 0 Å². The number of unbranched alkanes of at least 4 members (excludes halogenated alkanes) is 3. The molecule has 7 rings (SSSR count). The first-order chi connectivity index (χ1) is 34.6. The Morgan fingerprint density at radius 3 is 1.89 bits per heavy atom. The van der Waals surface area contributed by atoms with Crippen molar-refractivity contribution in [2.75, 3.05) is 23.7 Å². The molecule has 0 saturated carbocycles. The van der Waals surface area contributed by atoms with Crippen LogP contribution in [0.5, 0.6) is 0 Å². The first-order valence-corrected chi connectivity index (χ1v) is 28.1. The molecule has 0 radical (unpaired) electrons. The van der Waals surface area contributed by atoms with E-state index in [9.17, 15) is 52.5 Å². The van der Waals surface area contributed by atoms with Crippen LogP contribution in [0.3, 0.4) is 0 Å². The predicted octanol–water partition coefficient (Wildman–Crippen LogP) is 17.5. The molecule has 404 valence electrons. The maximum absolute atomic E-state index is 12.2. The fourth-order valence-electron chi connectivity index (χ4n) is 10.6. The highest BCUT2D eigenvalue weighted by molar-refractivity contribution is 8.03. The lowest BCUT2D eigenvalue weighted by atomic mass is 9.78. The van der Waals surface area contributed by atoms with Gasteiger partial charge in [-0.05, 0) is 108 Å². The van der Waals surface area contributed by atoms with Gasteiger partial charge in [-0.2, -0.15) is 44.1 Å². The van der Waals surface area contributed by atoms with E-state index in [2.05, 4.69) is 174 Å². The molecule has 1 atom stereocenters. The summed E-state index contributed by atoms with van der Waals surface area (Å²) in [6, 6.07) is 27.4. The molecule has 1 unspecified atom stereocenters. The lowest BCUT2D eigenvalue weighted by Gasteiger charge is -2.34. The van der Waals surface area contributed by atoms with E-state index in [0.717, 1.165) is 31.8 Å². The zero-order chi connectivity index (χ0) is 54.7. The molecule has 2 aliphatic heterocycles. The Morgan fingerprint density at radius 1 is 0.716 bits per heavy atom. The number of rotatable bonds is 19. The molecule has 3 aliphatic rings. The minimum absolute atomic E-state index is 0.0886. The summed E-state index contributed by atoms with van der Waals surface area (Å²) in [6.45, 7) is 21.3. The Hall–Kier alpha value is -4.54. The van der Waals surface area contributed by atoms with Gasteiger partial charge in [0.1, 0.15) is 6.54 Å². The molecule has 0 aromatic heterocycles. The molecule has 5 nitrogen and oxygen atoms in total. The van der Waals surface area contributed by atoms with Crippen molar-refractivity contribution in [1.82, 2.24) is 0 Å². The van der Waals surface area contributed by atoms with Crippen LogP contribution in [0.25, 0.3) is 21.5 Å². The number of allylic oxidation sites excluding steroid dienone is 7. The van der Waals surface area contributed by atoms with Gasteiger partial charge in [0.05, 0.1) is 5.41 Å². The van der Waals surface area contributed by atoms with E-state index in [4.69, 9.17) is 0 Å². The largest absolute Gasteiger partial charge is 0.743 e. The van der Waals surface area contributed by atoms with Gasteiger partial charge in [-0.1, -0.05) is 140 Å². The fraction of sp³-hybridized carbons (Fsp3) is 0.500. The highest BCUT2D eigenvalue weighted by Crippen LogP contribution is 2.55. The van der Waals surface area contributed by atoms with Crippen molar-refractivity contribution in [3.63, 3.8) is 0 Å². The van der Waals surface area contributed by atoms with Crippen molar-refractivity contribution >= 4 is 60.5 Å². The third-order valence-corrected chi connectivity index (χ3v) is 17.1. The highest BCUT2D eigenvalue weighted by atomic mass is 32.2. The first-order valence-electron chi connectivity index (χ1n) is 25.7. The molecule has 0 saturated heterocycles. The summed E-state index contributed by atoms with van der Waals surface area (Å²) < 4.78 is 138. The van der Waals surface area contributed by atoms with Gasteiger partial charge in [-0.15, -0.1) is 11.8 Å². The SMILES string of the molecule is CCCCC(CC)CSC1=C(/C=C/C2=[N+](CCCC)c3ccc4ccccc4c3C2(C)C)CCC/C1=C\C=C1\N(CCCC)c2ccc3ccccc3c2C1(C)C.O=S(=O)([O-])C(F)(F)C(F)(F)C(F)(F)C(F)(F)F. The zero-order valence-corrected chi connectivity index (χ0v) is 45.2. The van der Waals surface area contributed by atoms with E-state index in [1.807, 2.05) is 0 Å². The van der Waals surface area contributed by atoms with E-state index in [0.29, 0.717) is 0 Å². The monoisotopic (exact) mass is 1080 g/mol. The van der Waals surface area contributed by atoms with Crippen molar-refractivity contribution in [2.45, 2.75) is 160 Å². The molecule has 2 heterocycles. The summed E-state index contributed by atoms with van der Waals surface area (Å²) in [5.74, 6) is -12.9. The molecule has 16 heteroatoms. The molecular formula is C58H69F9N2O3S2. The van der Waals surface area contributed by atoms with E-state index in [1.165, 1.54) is 130 Å². The fourth-order valence-corrected chi connectivity index (χ4v) is 12.5. The quantitative estimate of drug-likeness (QED) is 0.0532. The summed E-state index contributed by atoms with van der Waals surface area (Å²) in [4.78, 5) is 4.20. The maximum atomic E-state index is 12.2. The number of alkyl halides is 9. The number of benzene rings is 4. The van der Waals surface area contributed by atoms with Crippen LogP contribution in [-0.2, 0) is 20.9 Å². The van der Waals surface area contributed by atoms with Gasteiger partial charge in [0.15, 0.2) is 15.8 Å². The van der Waals surface area contributed by atoms with Gasteiger partial charge >= 0.3 is 23.3 Å². The van der Waals surface area contributed by atoms with Crippen LogP contribution in [0.15, 0.2) is 119 Å². The second kappa shape index (κ2) is 23.0. The summed E-state index contributed by atoms with van der Waals surface area (Å²) in [6.07, 6.45) is 16.4. The van der Waals surface area contributed by atoms with Gasteiger partial charge in [0.25, 0.3) is 0 Å². The van der Waals surface area contributed by atoms with E-state index in [1.54, 1.807) is 4.91 Å². The summed E-state index contributed by atoms with van der Waals surface area (Å²) >= 11 is 2.16. The lowest BCUT2D eigenvalue weighted by Crippen LogP contribution is -2.63. The van der Waals surface area contributed by atoms with Crippen molar-refractivity contribution in [3.05, 3.63) is 130 Å². The number of anilines is 1. The Labute approximate surface area is 435 Å². The minimum atomic E-state index is -7.43. The number of hydrogen-bond donors (Lipinski definition) is 0. The van der Waals surface area contributed by atoms with E-state index >= 15 is 0 Å². The molecular weight excluding hydrogens is 1010 g/mol. The van der Waals surface area contributed by atoms with Gasteiger partial charge in [0.2, 0.25) is 5.69 Å². The van der Waals surface area contributed by atoms with Gasteiger partial charge in [-0.25, -0.2) is 8.42 Å². The van der Waals surface area contributed by atoms with Crippen LogP contribution >= 0.6 is 11.8 Å². The summed E-state index contributed by atoms with van der Waals surface area (Å²) in [7, 11) is -7.42. The highest BCUT2D eigenvalue weighted by Gasteiger charge is 2.83. The average molecular weight is 1080 g/mol. The number of fused-ring (bicyclic) bond motifs is 6. The van der Waals surface area contributed by atoms with Gasteiger partial charge < -0.3 is 9.45 Å². The lowest BCUT2D eigenvalue weighted by molar-refractivity contribution is -0.438. The second-order valence-corrected chi connectivity index (χ2v) is 23.1. The van der Waals surface area contributed by atoms with Crippen LogP contribution < -0.4 is 4.90 Å². The van der Waals surface area contributed by atoms with Crippen molar-refractivity contribution in [2.24, 2.45) is 5.92 Å². The maximum Gasteiger partial charge on any atom is 0.460 e. The van der Waals surface area contributed by atoms with Crippen LogP contribution in [0.1, 0.15) is 137 Å². The normalized spacial score (nSPS) is 18.8. The smallest absolute Gasteiger partial charge is 0.460 e. The van der Waals surface area contributed by atoms with Gasteiger partial charge in [0, 0.05) is 58.1 Å². The predicted molar refractivity (Wildman–Crippen MR) is 283 cm³/mol. The van der Waals surface area contributed by atoms with Crippen LogP contribution in [0.2, 0.25) is 0 Å². The molecule has 0 fully saturated rings. The van der Waals surface area contributed by atoms with Crippen molar-refractivity contribution < 1.29 is 57.1 Å². The number of thioether (sulfide) groups is 1. The summed E-state index contributed by atoms with van der Waals surface area (Å²) in [5, 5.41) is -1.64. The Balaban J connectivity index is 0.000000450. The molecule has 4 aromatic carbocycles. The number of nitrogens with zero attached hydrogens (tertiary/aromatic N) is 2. The summed E-state index contributed by atoms with van der Waals surface area (Å²) in [5.41, 5.74) is 11.5. The van der Waals surface area contributed by atoms with E-state index in [-0.39, 0.29) is 10.8 Å². The molecule has 1 aliphatic carbocycles. The Morgan fingerprint density at radius 2 is 1.31 bits per heavy atom. The average Bonchev–Trinajstić information content (AvgIpc) is 3.71. The number of halogens is 9.